The summed E-state index contributed by atoms with van der Waals surface area (Å²) >= 11 is 3.55. The van der Waals surface area contributed by atoms with Crippen molar-refractivity contribution in [2.45, 2.75) is 12.8 Å². The fourth-order valence-electron chi connectivity index (χ4n) is 1.88. The molecule has 0 atom stereocenters. The molecule has 0 bridgehead atoms. The van der Waals surface area contributed by atoms with Crippen molar-refractivity contribution in [2.24, 2.45) is 7.05 Å². The van der Waals surface area contributed by atoms with Crippen LogP contribution in [0.25, 0.3) is 10.9 Å². The zero-order valence-electron chi connectivity index (χ0n) is 8.53. The molecule has 0 N–H and O–H groups in total. The average molecular weight is 266 g/mol. The number of aldehydes is 1. The van der Waals surface area contributed by atoms with Gasteiger partial charge in [0.1, 0.15) is 6.29 Å². The highest BCUT2D eigenvalue weighted by Crippen LogP contribution is 2.29. The van der Waals surface area contributed by atoms with Crippen LogP contribution in [-0.4, -0.2) is 10.9 Å². The minimum Gasteiger partial charge on any atom is -0.349 e. The molecular weight excluding hydrogens is 254 g/mol. The highest BCUT2D eigenvalue weighted by atomic mass is 79.9. The van der Waals surface area contributed by atoms with Crippen molar-refractivity contribution in [2.75, 3.05) is 0 Å². The molecule has 0 fully saturated rings. The number of aryl methyl sites for hydroxylation is 2. The third-order valence-electron chi connectivity index (χ3n) is 2.59. The maximum atomic E-state index is 10.4. The minimum absolute atomic E-state index is 0.584. The van der Waals surface area contributed by atoms with Gasteiger partial charge < -0.3 is 9.36 Å². The zero-order valence-corrected chi connectivity index (χ0v) is 10.1. The van der Waals surface area contributed by atoms with Gasteiger partial charge in [-0.25, -0.2) is 0 Å². The largest absolute Gasteiger partial charge is 0.349 e. The number of aromatic nitrogens is 1. The smallest absolute Gasteiger partial charge is 0.120 e. The van der Waals surface area contributed by atoms with Crippen LogP contribution in [0.2, 0.25) is 0 Å². The highest BCUT2D eigenvalue weighted by molar-refractivity contribution is 9.10. The van der Waals surface area contributed by atoms with Gasteiger partial charge in [0.25, 0.3) is 0 Å². The second-order valence-corrected chi connectivity index (χ2v) is 4.46. The van der Waals surface area contributed by atoms with Crippen LogP contribution in [0.15, 0.2) is 28.9 Å². The first kappa shape index (κ1) is 10.4. The predicted octanol–water partition coefficient (Wildman–Crippen LogP) is 3.07. The van der Waals surface area contributed by atoms with Crippen molar-refractivity contribution in [3.63, 3.8) is 0 Å². The Kier molecular flexibility index (Phi) is 2.91. The van der Waals surface area contributed by atoms with Crippen LogP contribution in [-0.2, 0) is 18.3 Å². The zero-order chi connectivity index (χ0) is 10.8. The van der Waals surface area contributed by atoms with Crippen molar-refractivity contribution in [3.05, 3.63) is 34.4 Å². The third kappa shape index (κ3) is 1.84. The summed E-state index contributed by atoms with van der Waals surface area (Å²) in [6.45, 7) is 0. The summed E-state index contributed by atoms with van der Waals surface area (Å²) < 4.78 is 3.19. The summed E-state index contributed by atoms with van der Waals surface area (Å²) in [7, 11) is 2.02. The van der Waals surface area contributed by atoms with Gasteiger partial charge in [0.15, 0.2) is 0 Å². The number of fused-ring (bicyclic) bond motifs is 1. The number of carbonyl (C=O) groups excluding carboxylic acids is 1. The maximum Gasteiger partial charge on any atom is 0.120 e. The van der Waals surface area contributed by atoms with Crippen LogP contribution in [0.4, 0.5) is 0 Å². The van der Waals surface area contributed by atoms with Gasteiger partial charge in [-0.15, -0.1) is 0 Å². The molecule has 2 aromatic rings. The van der Waals surface area contributed by atoms with Crippen LogP contribution in [0.5, 0.6) is 0 Å². The van der Waals surface area contributed by atoms with Gasteiger partial charge in [-0.1, -0.05) is 12.1 Å². The Labute approximate surface area is 97.0 Å². The van der Waals surface area contributed by atoms with Crippen LogP contribution < -0.4 is 0 Å². The topological polar surface area (TPSA) is 22.0 Å². The molecule has 78 valence electrons. The monoisotopic (exact) mass is 265 g/mol. The molecule has 2 rings (SSSR count). The molecule has 1 aromatic carbocycles. The van der Waals surface area contributed by atoms with E-state index in [1.54, 1.807) is 0 Å². The fraction of sp³-hybridized carbons (Fsp3) is 0.250. The van der Waals surface area contributed by atoms with Gasteiger partial charge >= 0.3 is 0 Å². The summed E-state index contributed by atoms with van der Waals surface area (Å²) in [6, 6.07) is 6.20. The van der Waals surface area contributed by atoms with Crippen molar-refractivity contribution in [3.8, 4) is 0 Å². The molecule has 0 aliphatic rings. The first-order valence-electron chi connectivity index (χ1n) is 4.90. The molecule has 1 aromatic heterocycles. The SMILES string of the molecule is Cn1cc(Br)c2c(CCC=O)cccc21. The minimum atomic E-state index is 0.584. The molecule has 0 unspecified atom stereocenters. The lowest BCUT2D eigenvalue weighted by molar-refractivity contribution is -0.107. The Bertz CT molecular complexity index is 502. The molecule has 0 aliphatic carbocycles. The summed E-state index contributed by atoms with van der Waals surface area (Å²) in [5.74, 6) is 0. The van der Waals surface area contributed by atoms with E-state index in [4.69, 9.17) is 0 Å². The number of hydrogen-bond donors (Lipinski definition) is 0. The van der Waals surface area contributed by atoms with Gasteiger partial charge in [-0.05, 0) is 34.0 Å². The van der Waals surface area contributed by atoms with Gasteiger partial charge in [-0.2, -0.15) is 0 Å². The average Bonchev–Trinajstić information content (AvgIpc) is 2.53. The Balaban J connectivity index is 2.58. The molecule has 0 saturated heterocycles. The van der Waals surface area contributed by atoms with E-state index in [1.165, 1.54) is 16.5 Å². The van der Waals surface area contributed by atoms with E-state index in [-0.39, 0.29) is 0 Å². The third-order valence-corrected chi connectivity index (χ3v) is 3.19. The van der Waals surface area contributed by atoms with Crippen LogP contribution >= 0.6 is 15.9 Å². The Morgan fingerprint density at radius 1 is 1.47 bits per heavy atom. The number of benzene rings is 1. The second-order valence-electron chi connectivity index (χ2n) is 3.60. The molecule has 0 saturated carbocycles. The molecular formula is C12H12BrNO. The van der Waals surface area contributed by atoms with E-state index in [2.05, 4.69) is 38.8 Å². The van der Waals surface area contributed by atoms with Crippen molar-refractivity contribution >= 4 is 33.1 Å². The lowest BCUT2D eigenvalue weighted by Gasteiger charge is -2.02. The number of hydrogen-bond acceptors (Lipinski definition) is 1. The molecule has 2 nitrogen and oxygen atoms in total. The first-order chi connectivity index (χ1) is 7.24. The number of carbonyl (C=O) groups is 1. The molecule has 3 heteroatoms. The van der Waals surface area contributed by atoms with Crippen molar-refractivity contribution in [1.82, 2.24) is 4.57 Å². The lowest BCUT2D eigenvalue weighted by Crippen LogP contribution is -1.89. The quantitative estimate of drug-likeness (QED) is 0.782. The van der Waals surface area contributed by atoms with E-state index >= 15 is 0 Å². The van der Waals surface area contributed by atoms with Crippen LogP contribution in [0, 0.1) is 0 Å². The summed E-state index contributed by atoms with van der Waals surface area (Å²) in [5, 5.41) is 1.22. The fourth-order valence-corrected chi connectivity index (χ4v) is 2.65. The summed E-state index contributed by atoms with van der Waals surface area (Å²) in [6.07, 6.45) is 4.41. The molecule has 0 spiro atoms. The van der Waals surface area contributed by atoms with E-state index in [9.17, 15) is 4.79 Å². The molecule has 0 aliphatic heterocycles. The van der Waals surface area contributed by atoms with Crippen LogP contribution in [0.3, 0.4) is 0 Å². The number of nitrogens with zero attached hydrogens (tertiary/aromatic N) is 1. The molecule has 0 amide bonds. The van der Waals surface area contributed by atoms with E-state index < -0.39 is 0 Å². The molecule has 15 heavy (non-hydrogen) atoms. The molecule has 1 heterocycles. The lowest BCUT2D eigenvalue weighted by atomic mass is 10.1. The van der Waals surface area contributed by atoms with Crippen molar-refractivity contribution < 1.29 is 4.79 Å². The van der Waals surface area contributed by atoms with E-state index in [0.29, 0.717) is 6.42 Å². The normalized spacial score (nSPS) is 10.8. The van der Waals surface area contributed by atoms with Gasteiger partial charge in [0.2, 0.25) is 0 Å². The van der Waals surface area contributed by atoms with E-state index in [0.717, 1.165) is 17.2 Å². The van der Waals surface area contributed by atoms with Gasteiger partial charge in [0.05, 0.1) is 0 Å². The molecule has 0 radical (unpaired) electrons. The summed E-state index contributed by atoms with van der Waals surface area (Å²) in [5.41, 5.74) is 2.43. The number of halogens is 1. The van der Waals surface area contributed by atoms with E-state index in [1.807, 2.05) is 13.1 Å². The van der Waals surface area contributed by atoms with Gasteiger partial charge in [-0.3, -0.25) is 0 Å². The Morgan fingerprint density at radius 2 is 2.27 bits per heavy atom. The Morgan fingerprint density at radius 3 is 3.00 bits per heavy atom. The first-order valence-corrected chi connectivity index (χ1v) is 5.69. The second kappa shape index (κ2) is 4.19. The maximum absolute atomic E-state index is 10.4. The summed E-state index contributed by atoms with van der Waals surface area (Å²) in [4.78, 5) is 10.4. The Hall–Kier alpha value is -1.09. The van der Waals surface area contributed by atoms with Crippen LogP contribution in [0.1, 0.15) is 12.0 Å². The number of rotatable bonds is 3. The predicted molar refractivity (Wildman–Crippen MR) is 65.0 cm³/mol. The standard InChI is InChI=1S/C12H12BrNO/c1-14-8-10(13)12-9(5-3-7-15)4-2-6-11(12)14/h2,4,6-8H,3,5H2,1H3. The van der Waals surface area contributed by atoms with Crippen molar-refractivity contribution in [1.29, 1.82) is 0 Å². The highest BCUT2D eigenvalue weighted by Gasteiger charge is 2.08. The van der Waals surface area contributed by atoms with Gasteiger partial charge in [0, 0.05) is 35.0 Å².